The van der Waals surface area contributed by atoms with Crippen molar-refractivity contribution >= 4 is 5.91 Å². The van der Waals surface area contributed by atoms with Gasteiger partial charge in [-0.1, -0.05) is 66.7 Å². The standard InChI is InChI=1S/C19H16N2O3/c22-18(20-17-13-7-8-14-21(17)24)19(23,15-9-3-1-4-10-15)16-11-5-2-6-12-16/h1-14,23-24H. The summed E-state index contributed by atoms with van der Waals surface area (Å²) < 4.78 is 0.730. The minimum atomic E-state index is -1.94. The molecule has 0 aliphatic heterocycles. The van der Waals surface area contributed by atoms with E-state index in [9.17, 15) is 15.1 Å². The molecule has 0 unspecified atom stereocenters. The van der Waals surface area contributed by atoms with Crippen molar-refractivity contribution in [2.24, 2.45) is 4.99 Å². The number of hydrogen-bond donors (Lipinski definition) is 2. The third-order valence-electron chi connectivity index (χ3n) is 3.73. The summed E-state index contributed by atoms with van der Waals surface area (Å²) >= 11 is 0. The van der Waals surface area contributed by atoms with Crippen LogP contribution >= 0.6 is 0 Å². The number of rotatable bonds is 3. The molecule has 0 fully saturated rings. The van der Waals surface area contributed by atoms with Gasteiger partial charge in [0.25, 0.3) is 5.91 Å². The maximum atomic E-state index is 12.8. The number of nitrogens with zero attached hydrogens (tertiary/aromatic N) is 2. The molecule has 0 aliphatic carbocycles. The first-order chi connectivity index (χ1) is 11.6. The second kappa shape index (κ2) is 6.52. The van der Waals surface area contributed by atoms with Crippen LogP contribution in [0, 0.1) is 0 Å². The predicted octanol–water partition coefficient (Wildman–Crippen LogP) is 2.09. The SMILES string of the molecule is O=C(N=c1ccccn1O)C(O)(c1ccccc1)c1ccccc1. The van der Waals surface area contributed by atoms with Crippen molar-refractivity contribution in [1.82, 2.24) is 4.73 Å². The summed E-state index contributed by atoms with van der Waals surface area (Å²) in [6, 6.07) is 22.0. The van der Waals surface area contributed by atoms with Gasteiger partial charge in [0.2, 0.25) is 0 Å². The number of carbonyl (C=O) groups excluding carboxylic acids is 1. The van der Waals surface area contributed by atoms with Crippen molar-refractivity contribution in [3.8, 4) is 0 Å². The Labute approximate surface area is 138 Å². The molecular formula is C19H16N2O3. The average Bonchev–Trinajstić information content (AvgIpc) is 2.64. The first-order valence-corrected chi connectivity index (χ1v) is 7.42. The van der Waals surface area contributed by atoms with E-state index in [2.05, 4.69) is 4.99 Å². The molecule has 0 saturated carbocycles. The van der Waals surface area contributed by atoms with Gasteiger partial charge < -0.3 is 10.3 Å². The van der Waals surface area contributed by atoms with Crippen LogP contribution in [0.15, 0.2) is 90.1 Å². The molecular weight excluding hydrogens is 304 g/mol. The van der Waals surface area contributed by atoms with Crippen molar-refractivity contribution < 1.29 is 15.1 Å². The summed E-state index contributed by atoms with van der Waals surface area (Å²) in [5.74, 6) is -0.783. The molecule has 1 aromatic heterocycles. The van der Waals surface area contributed by atoms with Crippen molar-refractivity contribution in [2.75, 3.05) is 0 Å². The number of aromatic nitrogens is 1. The van der Waals surface area contributed by atoms with E-state index < -0.39 is 11.5 Å². The monoisotopic (exact) mass is 320 g/mol. The molecule has 5 nitrogen and oxygen atoms in total. The minimum absolute atomic E-state index is 0.0350. The highest BCUT2D eigenvalue weighted by atomic mass is 16.5. The van der Waals surface area contributed by atoms with Crippen molar-refractivity contribution in [3.63, 3.8) is 0 Å². The number of aliphatic hydroxyl groups is 1. The van der Waals surface area contributed by atoms with Crippen LogP contribution in [-0.2, 0) is 10.4 Å². The molecule has 0 saturated heterocycles. The third-order valence-corrected chi connectivity index (χ3v) is 3.73. The lowest BCUT2D eigenvalue weighted by Gasteiger charge is -2.25. The first-order valence-electron chi connectivity index (χ1n) is 7.42. The second-order valence-corrected chi connectivity index (χ2v) is 5.26. The lowest BCUT2D eigenvalue weighted by atomic mass is 9.85. The summed E-state index contributed by atoms with van der Waals surface area (Å²) in [6.07, 6.45) is 1.36. The summed E-state index contributed by atoms with van der Waals surface area (Å²) in [5, 5.41) is 21.0. The molecule has 2 aromatic carbocycles. The van der Waals surface area contributed by atoms with Crippen LogP contribution < -0.4 is 5.49 Å². The van der Waals surface area contributed by atoms with Crippen LogP contribution in [0.3, 0.4) is 0 Å². The molecule has 2 N–H and O–H groups in total. The Morgan fingerprint density at radius 1 is 0.833 bits per heavy atom. The number of hydrogen-bond acceptors (Lipinski definition) is 3. The van der Waals surface area contributed by atoms with E-state index >= 15 is 0 Å². The lowest BCUT2D eigenvalue weighted by molar-refractivity contribution is -0.133. The van der Waals surface area contributed by atoms with Crippen LogP contribution in [0.5, 0.6) is 0 Å². The zero-order valence-electron chi connectivity index (χ0n) is 12.8. The number of amides is 1. The van der Waals surface area contributed by atoms with Gasteiger partial charge in [-0.2, -0.15) is 9.72 Å². The maximum absolute atomic E-state index is 12.8. The van der Waals surface area contributed by atoms with Crippen molar-refractivity contribution in [1.29, 1.82) is 0 Å². The molecule has 0 aliphatic rings. The summed E-state index contributed by atoms with van der Waals surface area (Å²) in [6.45, 7) is 0. The Kier molecular flexibility index (Phi) is 4.26. The fourth-order valence-corrected chi connectivity index (χ4v) is 2.47. The van der Waals surface area contributed by atoms with E-state index in [0.717, 1.165) is 4.73 Å². The van der Waals surface area contributed by atoms with E-state index in [1.807, 2.05) is 0 Å². The van der Waals surface area contributed by atoms with E-state index in [1.165, 1.54) is 12.3 Å². The van der Waals surface area contributed by atoms with E-state index in [4.69, 9.17) is 0 Å². The molecule has 120 valence electrons. The Hall–Kier alpha value is -3.18. The van der Waals surface area contributed by atoms with E-state index in [0.29, 0.717) is 11.1 Å². The van der Waals surface area contributed by atoms with Crippen LogP contribution in [0.1, 0.15) is 11.1 Å². The normalized spacial score (nSPS) is 12.1. The smallest absolute Gasteiger partial charge is 0.289 e. The first kappa shape index (κ1) is 15.7. The second-order valence-electron chi connectivity index (χ2n) is 5.26. The topological polar surface area (TPSA) is 74.8 Å². The number of pyridine rings is 1. The van der Waals surface area contributed by atoms with Crippen LogP contribution in [0.4, 0.5) is 0 Å². The average molecular weight is 320 g/mol. The number of carbonyl (C=O) groups is 1. The molecule has 0 spiro atoms. The summed E-state index contributed by atoms with van der Waals surface area (Å²) in [4.78, 5) is 16.8. The molecule has 0 bridgehead atoms. The van der Waals surface area contributed by atoms with E-state index in [1.54, 1.807) is 72.8 Å². The van der Waals surface area contributed by atoms with Crippen molar-refractivity contribution in [2.45, 2.75) is 5.60 Å². The maximum Gasteiger partial charge on any atom is 0.289 e. The Bertz CT molecular complexity index is 863. The van der Waals surface area contributed by atoms with Gasteiger partial charge in [0.05, 0.1) is 0 Å². The van der Waals surface area contributed by atoms with Gasteiger partial charge in [0.1, 0.15) is 0 Å². The zero-order chi connectivity index (χ0) is 17.0. The van der Waals surface area contributed by atoms with Gasteiger partial charge in [-0.05, 0) is 23.3 Å². The predicted molar refractivity (Wildman–Crippen MR) is 88.1 cm³/mol. The Balaban J connectivity index is 2.18. The van der Waals surface area contributed by atoms with Gasteiger partial charge in [-0.3, -0.25) is 4.79 Å². The third kappa shape index (κ3) is 2.85. The highest BCUT2D eigenvalue weighted by molar-refractivity contribution is 5.90. The molecule has 24 heavy (non-hydrogen) atoms. The molecule has 0 atom stereocenters. The highest BCUT2D eigenvalue weighted by Gasteiger charge is 2.39. The quantitative estimate of drug-likeness (QED) is 0.726. The van der Waals surface area contributed by atoms with Crippen LogP contribution in [-0.4, -0.2) is 21.0 Å². The largest absolute Gasteiger partial charge is 0.427 e. The fourth-order valence-electron chi connectivity index (χ4n) is 2.47. The Morgan fingerprint density at radius 3 is 1.83 bits per heavy atom. The van der Waals surface area contributed by atoms with Gasteiger partial charge >= 0.3 is 0 Å². The van der Waals surface area contributed by atoms with Gasteiger partial charge in [0.15, 0.2) is 11.1 Å². The minimum Gasteiger partial charge on any atom is -0.427 e. The van der Waals surface area contributed by atoms with Gasteiger partial charge in [-0.25, -0.2) is 0 Å². The van der Waals surface area contributed by atoms with Crippen LogP contribution in [0.25, 0.3) is 0 Å². The molecule has 0 radical (unpaired) electrons. The Morgan fingerprint density at radius 2 is 1.33 bits per heavy atom. The van der Waals surface area contributed by atoms with Crippen LogP contribution in [0.2, 0.25) is 0 Å². The zero-order valence-corrected chi connectivity index (χ0v) is 12.8. The fraction of sp³-hybridized carbons (Fsp3) is 0.0526. The van der Waals surface area contributed by atoms with E-state index in [-0.39, 0.29) is 5.49 Å². The lowest BCUT2D eigenvalue weighted by Crippen LogP contribution is -2.37. The van der Waals surface area contributed by atoms with Gasteiger partial charge in [-0.15, -0.1) is 0 Å². The molecule has 1 amide bonds. The molecule has 3 aromatic rings. The highest BCUT2D eigenvalue weighted by Crippen LogP contribution is 2.30. The number of benzene rings is 2. The molecule has 5 heteroatoms. The summed E-state index contributed by atoms with van der Waals surface area (Å²) in [7, 11) is 0. The molecule has 1 heterocycles. The van der Waals surface area contributed by atoms with Crippen molar-refractivity contribution in [3.05, 3.63) is 102 Å². The molecule has 3 rings (SSSR count). The van der Waals surface area contributed by atoms with Gasteiger partial charge in [0, 0.05) is 6.20 Å². The summed E-state index contributed by atoms with van der Waals surface area (Å²) in [5.41, 5.74) is -1.09.